The van der Waals surface area contributed by atoms with E-state index < -0.39 is 0 Å². The standard InChI is InChI=1S/C13H12BrN3O2/c14-9-4-3-7-16-13(9)17-12(18)8-19-11-6-2-1-5-10(11)15/h1-7H,8,15H2,(H,16,17,18). The molecule has 0 aliphatic carbocycles. The second-order valence-corrected chi connectivity index (χ2v) is 4.56. The summed E-state index contributed by atoms with van der Waals surface area (Å²) in [6.07, 6.45) is 1.59. The maximum atomic E-state index is 11.7. The Labute approximate surface area is 118 Å². The maximum absolute atomic E-state index is 11.7. The highest BCUT2D eigenvalue weighted by atomic mass is 79.9. The van der Waals surface area contributed by atoms with Crippen molar-refractivity contribution in [2.75, 3.05) is 17.7 Å². The lowest BCUT2D eigenvalue weighted by Gasteiger charge is -2.09. The van der Waals surface area contributed by atoms with E-state index in [4.69, 9.17) is 10.5 Å². The largest absolute Gasteiger partial charge is 0.482 e. The number of hydrogen-bond acceptors (Lipinski definition) is 4. The number of amides is 1. The molecule has 0 spiro atoms. The molecule has 1 amide bonds. The van der Waals surface area contributed by atoms with Crippen molar-refractivity contribution in [2.24, 2.45) is 0 Å². The molecule has 3 N–H and O–H groups in total. The smallest absolute Gasteiger partial charge is 0.263 e. The van der Waals surface area contributed by atoms with Gasteiger partial charge in [0, 0.05) is 6.20 Å². The van der Waals surface area contributed by atoms with Crippen molar-refractivity contribution < 1.29 is 9.53 Å². The predicted octanol–water partition coefficient (Wildman–Crippen LogP) is 2.44. The van der Waals surface area contributed by atoms with Gasteiger partial charge in [-0.15, -0.1) is 0 Å². The van der Waals surface area contributed by atoms with E-state index in [0.717, 1.165) is 0 Å². The van der Waals surface area contributed by atoms with E-state index in [9.17, 15) is 4.79 Å². The Kier molecular flexibility index (Phi) is 4.35. The molecule has 6 heteroatoms. The van der Waals surface area contributed by atoms with Gasteiger partial charge in [0.05, 0.1) is 10.2 Å². The second kappa shape index (κ2) is 6.19. The van der Waals surface area contributed by atoms with Crippen LogP contribution < -0.4 is 15.8 Å². The van der Waals surface area contributed by atoms with Crippen LogP contribution in [0.4, 0.5) is 11.5 Å². The zero-order valence-electron chi connectivity index (χ0n) is 9.97. The molecule has 0 saturated heterocycles. The molecule has 98 valence electrons. The van der Waals surface area contributed by atoms with Crippen LogP contribution in [0.5, 0.6) is 5.75 Å². The number of benzene rings is 1. The van der Waals surface area contributed by atoms with Gasteiger partial charge in [0.1, 0.15) is 11.6 Å². The zero-order chi connectivity index (χ0) is 13.7. The molecule has 2 aromatic rings. The summed E-state index contributed by atoms with van der Waals surface area (Å²) in [4.78, 5) is 15.7. The van der Waals surface area contributed by atoms with Gasteiger partial charge in [-0.2, -0.15) is 0 Å². The molecular weight excluding hydrogens is 310 g/mol. The third kappa shape index (κ3) is 3.69. The van der Waals surface area contributed by atoms with Gasteiger partial charge in [0.25, 0.3) is 5.91 Å². The topological polar surface area (TPSA) is 77.2 Å². The van der Waals surface area contributed by atoms with E-state index in [1.807, 2.05) is 0 Å². The summed E-state index contributed by atoms with van der Waals surface area (Å²) < 4.78 is 6.04. The summed E-state index contributed by atoms with van der Waals surface area (Å²) in [5, 5.41) is 2.64. The first kappa shape index (κ1) is 13.4. The molecule has 5 nitrogen and oxygen atoms in total. The minimum Gasteiger partial charge on any atom is -0.482 e. The molecular formula is C13H12BrN3O2. The van der Waals surface area contributed by atoms with Crippen molar-refractivity contribution in [3.05, 3.63) is 47.1 Å². The number of carbonyl (C=O) groups is 1. The fraction of sp³-hybridized carbons (Fsp3) is 0.0769. The molecule has 1 aromatic carbocycles. The quantitative estimate of drug-likeness (QED) is 0.848. The number of anilines is 2. The second-order valence-electron chi connectivity index (χ2n) is 3.71. The number of pyridine rings is 1. The minimum atomic E-state index is -0.303. The predicted molar refractivity (Wildman–Crippen MR) is 76.9 cm³/mol. The number of nitrogens with two attached hydrogens (primary N) is 1. The van der Waals surface area contributed by atoms with Gasteiger partial charge in [0.2, 0.25) is 0 Å². The van der Waals surface area contributed by atoms with Crippen LogP contribution >= 0.6 is 15.9 Å². The van der Waals surface area contributed by atoms with E-state index in [0.29, 0.717) is 21.7 Å². The van der Waals surface area contributed by atoms with Crippen LogP contribution in [0.25, 0.3) is 0 Å². The molecule has 1 aromatic heterocycles. The molecule has 0 bridgehead atoms. The third-order valence-corrected chi connectivity index (χ3v) is 2.93. The highest BCUT2D eigenvalue weighted by Crippen LogP contribution is 2.20. The highest BCUT2D eigenvalue weighted by Gasteiger charge is 2.08. The van der Waals surface area contributed by atoms with Gasteiger partial charge in [-0.05, 0) is 40.2 Å². The van der Waals surface area contributed by atoms with E-state index in [2.05, 4.69) is 26.2 Å². The number of halogens is 1. The number of nitrogens with zero attached hydrogens (tertiary/aromatic N) is 1. The number of para-hydroxylation sites is 2. The van der Waals surface area contributed by atoms with E-state index in [1.54, 1.807) is 42.6 Å². The van der Waals surface area contributed by atoms with Gasteiger partial charge in [-0.1, -0.05) is 12.1 Å². The van der Waals surface area contributed by atoms with Crippen LogP contribution in [0.2, 0.25) is 0 Å². The summed E-state index contributed by atoms with van der Waals surface area (Å²) in [5.41, 5.74) is 6.20. The van der Waals surface area contributed by atoms with E-state index >= 15 is 0 Å². The number of carbonyl (C=O) groups excluding carboxylic acids is 1. The Bertz CT molecular complexity index is 590. The molecule has 1 heterocycles. The summed E-state index contributed by atoms with van der Waals surface area (Å²) >= 11 is 3.29. The van der Waals surface area contributed by atoms with Crippen LogP contribution in [-0.4, -0.2) is 17.5 Å². The summed E-state index contributed by atoms with van der Waals surface area (Å²) in [6.45, 7) is -0.128. The van der Waals surface area contributed by atoms with Gasteiger partial charge < -0.3 is 15.8 Å². The Hall–Kier alpha value is -2.08. The lowest BCUT2D eigenvalue weighted by molar-refractivity contribution is -0.118. The zero-order valence-corrected chi connectivity index (χ0v) is 11.6. The van der Waals surface area contributed by atoms with Gasteiger partial charge in [-0.25, -0.2) is 4.98 Å². The van der Waals surface area contributed by atoms with Crippen molar-refractivity contribution in [2.45, 2.75) is 0 Å². The average molecular weight is 322 g/mol. The SMILES string of the molecule is Nc1ccccc1OCC(=O)Nc1ncccc1Br. The molecule has 2 rings (SSSR count). The minimum absolute atomic E-state index is 0.128. The molecule has 0 saturated carbocycles. The van der Waals surface area contributed by atoms with Gasteiger partial charge in [0.15, 0.2) is 6.61 Å². The van der Waals surface area contributed by atoms with E-state index in [1.165, 1.54) is 0 Å². The molecule has 0 fully saturated rings. The van der Waals surface area contributed by atoms with Crippen LogP contribution in [0.1, 0.15) is 0 Å². The molecule has 0 radical (unpaired) electrons. The van der Waals surface area contributed by atoms with Crippen molar-refractivity contribution in [3.63, 3.8) is 0 Å². The Morgan fingerprint density at radius 2 is 2.11 bits per heavy atom. The fourth-order valence-corrected chi connectivity index (χ4v) is 1.76. The fourth-order valence-electron chi connectivity index (χ4n) is 1.40. The summed E-state index contributed by atoms with van der Waals surface area (Å²) in [5.74, 6) is 0.637. The van der Waals surface area contributed by atoms with Crippen LogP contribution in [0, 0.1) is 0 Å². The monoisotopic (exact) mass is 321 g/mol. The number of rotatable bonds is 4. The number of nitrogen functional groups attached to an aromatic ring is 1. The average Bonchev–Trinajstić information content (AvgIpc) is 2.40. The highest BCUT2D eigenvalue weighted by molar-refractivity contribution is 9.10. The Morgan fingerprint density at radius 3 is 2.84 bits per heavy atom. The molecule has 0 unspecified atom stereocenters. The molecule has 0 atom stereocenters. The maximum Gasteiger partial charge on any atom is 0.263 e. The normalized spacial score (nSPS) is 9.95. The van der Waals surface area contributed by atoms with Crippen molar-refractivity contribution >= 4 is 33.3 Å². The molecule has 19 heavy (non-hydrogen) atoms. The van der Waals surface area contributed by atoms with Crippen molar-refractivity contribution in [3.8, 4) is 5.75 Å². The molecule has 0 aliphatic rings. The summed E-state index contributed by atoms with van der Waals surface area (Å²) in [7, 11) is 0. The first-order chi connectivity index (χ1) is 9.16. The number of hydrogen-bond donors (Lipinski definition) is 2. The number of ether oxygens (including phenoxy) is 1. The number of aromatic nitrogens is 1. The molecule has 0 aliphatic heterocycles. The Balaban J connectivity index is 1.92. The van der Waals surface area contributed by atoms with Crippen LogP contribution in [-0.2, 0) is 4.79 Å². The lowest BCUT2D eigenvalue weighted by Crippen LogP contribution is -2.21. The first-order valence-corrected chi connectivity index (χ1v) is 6.34. The van der Waals surface area contributed by atoms with Gasteiger partial charge >= 0.3 is 0 Å². The van der Waals surface area contributed by atoms with Crippen molar-refractivity contribution in [1.29, 1.82) is 0 Å². The van der Waals surface area contributed by atoms with Crippen LogP contribution in [0.15, 0.2) is 47.1 Å². The van der Waals surface area contributed by atoms with Crippen molar-refractivity contribution in [1.82, 2.24) is 4.98 Å². The van der Waals surface area contributed by atoms with E-state index in [-0.39, 0.29) is 12.5 Å². The number of nitrogens with one attached hydrogen (secondary N) is 1. The third-order valence-electron chi connectivity index (χ3n) is 2.29. The Morgan fingerprint density at radius 1 is 1.32 bits per heavy atom. The lowest BCUT2D eigenvalue weighted by atomic mass is 10.3. The first-order valence-electron chi connectivity index (χ1n) is 5.54. The van der Waals surface area contributed by atoms with Gasteiger partial charge in [-0.3, -0.25) is 4.79 Å². The van der Waals surface area contributed by atoms with Crippen LogP contribution in [0.3, 0.4) is 0 Å². The summed E-state index contributed by atoms with van der Waals surface area (Å²) in [6, 6.07) is 10.6.